The predicted molar refractivity (Wildman–Crippen MR) is 84.6 cm³/mol. The smallest absolute Gasteiger partial charge is 0.159 e. The first kappa shape index (κ1) is 15.8. The van der Waals surface area contributed by atoms with E-state index < -0.39 is 11.6 Å². The van der Waals surface area contributed by atoms with Gasteiger partial charge in [0.1, 0.15) is 11.6 Å². The summed E-state index contributed by atoms with van der Waals surface area (Å²) >= 11 is 3.26. The quantitative estimate of drug-likeness (QED) is 0.641. The second kappa shape index (κ2) is 6.58. The SMILES string of the molecule is Fc1cc(Br)cc(Cn2ccnc2Cc2ccc(F)c(F)c2)c1. The van der Waals surface area contributed by atoms with Crippen molar-refractivity contribution in [2.45, 2.75) is 13.0 Å². The zero-order valence-corrected chi connectivity index (χ0v) is 13.5. The zero-order valence-electron chi connectivity index (χ0n) is 11.9. The van der Waals surface area contributed by atoms with E-state index in [1.807, 2.05) is 10.6 Å². The van der Waals surface area contributed by atoms with Crippen LogP contribution in [0.2, 0.25) is 0 Å². The zero-order chi connectivity index (χ0) is 16.4. The van der Waals surface area contributed by atoms with E-state index >= 15 is 0 Å². The third kappa shape index (κ3) is 3.82. The lowest BCUT2D eigenvalue weighted by Crippen LogP contribution is -2.06. The van der Waals surface area contributed by atoms with Crippen LogP contribution >= 0.6 is 15.9 Å². The summed E-state index contributed by atoms with van der Waals surface area (Å²) in [6.07, 6.45) is 3.76. The van der Waals surface area contributed by atoms with Crippen LogP contribution in [0.5, 0.6) is 0 Å². The normalized spacial score (nSPS) is 11.0. The van der Waals surface area contributed by atoms with Crippen molar-refractivity contribution in [2.24, 2.45) is 0 Å². The second-order valence-corrected chi connectivity index (χ2v) is 6.09. The molecule has 118 valence electrons. The Labute approximate surface area is 139 Å². The Bertz CT molecular complexity index is 825. The van der Waals surface area contributed by atoms with Crippen molar-refractivity contribution < 1.29 is 13.2 Å². The molecule has 0 unspecified atom stereocenters. The molecule has 2 nitrogen and oxygen atoms in total. The molecule has 1 aromatic heterocycles. The molecule has 0 aliphatic carbocycles. The Morgan fingerprint density at radius 3 is 2.52 bits per heavy atom. The van der Waals surface area contributed by atoms with Gasteiger partial charge in [-0.2, -0.15) is 0 Å². The van der Waals surface area contributed by atoms with Gasteiger partial charge < -0.3 is 4.57 Å². The van der Waals surface area contributed by atoms with Gasteiger partial charge in [0.05, 0.1) is 0 Å². The molecule has 3 rings (SSSR count). The number of benzene rings is 2. The lowest BCUT2D eigenvalue weighted by atomic mass is 10.1. The summed E-state index contributed by atoms with van der Waals surface area (Å²) in [6, 6.07) is 8.45. The number of halogens is 4. The van der Waals surface area contributed by atoms with E-state index in [1.54, 1.807) is 12.4 Å². The maximum Gasteiger partial charge on any atom is 0.159 e. The third-order valence-corrected chi connectivity index (χ3v) is 3.88. The van der Waals surface area contributed by atoms with Crippen molar-refractivity contribution in [1.82, 2.24) is 9.55 Å². The summed E-state index contributed by atoms with van der Waals surface area (Å²) in [5.41, 5.74) is 1.40. The van der Waals surface area contributed by atoms with Crippen molar-refractivity contribution in [3.63, 3.8) is 0 Å². The molecule has 0 N–H and O–H groups in total. The summed E-state index contributed by atoms with van der Waals surface area (Å²) in [4.78, 5) is 4.25. The minimum atomic E-state index is -0.880. The van der Waals surface area contributed by atoms with Gasteiger partial charge in [-0.05, 0) is 41.5 Å². The molecule has 0 amide bonds. The van der Waals surface area contributed by atoms with E-state index in [9.17, 15) is 13.2 Å². The van der Waals surface area contributed by atoms with Crippen LogP contribution in [0.1, 0.15) is 17.0 Å². The lowest BCUT2D eigenvalue weighted by molar-refractivity contribution is 0.507. The molecule has 0 fully saturated rings. The minimum Gasteiger partial charge on any atom is -0.330 e. The number of rotatable bonds is 4. The molecule has 23 heavy (non-hydrogen) atoms. The second-order valence-electron chi connectivity index (χ2n) is 5.17. The van der Waals surface area contributed by atoms with E-state index in [2.05, 4.69) is 20.9 Å². The highest BCUT2D eigenvalue weighted by atomic mass is 79.9. The molecule has 0 aliphatic rings. The van der Waals surface area contributed by atoms with Crippen LogP contribution in [0.15, 0.2) is 53.3 Å². The summed E-state index contributed by atoms with van der Waals surface area (Å²) in [7, 11) is 0. The Morgan fingerprint density at radius 1 is 0.957 bits per heavy atom. The molecule has 3 aromatic rings. The molecule has 2 aromatic carbocycles. The fourth-order valence-electron chi connectivity index (χ4n) is 2.38. The van der Waals surface area contributed by atoms with Gasteiger partial charge in [0.15, 0.2) is 11.6 Å². The molecule has 0 spiro atoms. The highest BCUT2D eigenvalue weighted by Crippen LogP contribution is 2.18. The minimum absolute atomic E-state index is 0.323. The molecule has 0 atom stereocenters. The van der Waals surface area contributed by atoms with Crippen molar-refractivity contribution in [3.05, 3.63) is 87.7 Å². The highest BCUT2D eigenvalue weighted by Gasteiger charge is 2.09. The third-order valence-electron chi connectivity index (χ3n) is 3.42. The van der Waals surface area contributed by atoms with E-state index in [0.717, 1.165) is 17.7 Å². The predicted octanol–water partition coefficient (Wildman–Crippen LogP) is 4.70. The average molecular weight is 381 g/mol. The van der Waals surface area contributed by atoms with Crippen molar-refractivity contribution in [3.8, 4) is 0 Å². The van der Waals surface area contributed by atoms with Crippen LogP contribution in [0.3, 0.4) is 0 Å². The van der Waals surface area contributed by atoms with Crippen LogP contribution in [0.25, 0.3) is 0 Å². The van der Waals surface area contributed by atoms with Crippen molar-refractivity contribution >= 4 is 15.9 Å². The molecule has 0 aliphatic heterocycles. The first-order valence-corrected chi connectivity index (χ1v) is 7.69. The summed E-state index contributed by atoms with van der Waals surface area (Å²) < 4.78 is 42.2. The average Bonchev–Trinajstić information content (AvgIpc) is 2.89. The monoisotopic (exact) mass is 380 g/mol. The molecular formula is C17H12BrF3N2. The molecule has 0 bridgehead atoms. The van der Waals surface area contributed by atoms with Gasteiger partial charge >= 0.3 is 0 Å². The van der Waals surface area contributed by atoms with E-state index in [1.165, 1.54) is 18.2 Å². The van der Waals surface area contributed by atoms with Crippen LogP contribution in [0.4, 0.5) is 13.2 Å². The van der Waals surface area contributed by atoms with E-state index in [0.29, 0.717) is 28.8 Å². The molecule has 6 heteroatoms. The maximum absolute atomic E-state index is 13.5. The van der Waals surface area contributed by atoms with Gasteiger partial charge in [0.25, 0.3) is 0 Å². The number of hydrogen-bond donors (Lipinski definition) is 0. The van der Waals surface area contributed by atoms with Crippen molar-refractivity contribution in [2.75, 3.05) is 0 Å². The van der Waals surface area contributed by atoms with E-state index in [-0.39, 0.29) is 5.82 Å². The standard InChI is InChI=1S/C17H12BrF3N2/c18-13-5-12(6-14(19)9-13)10-23-4-3-22-17(23)8-11-1-2-15(20)16(21)7-11/h1-7,9H,8,10H2. The Balaban J connectivity index is 1.83. The molecule has 1 heterocycles. The summed E-state index contributed by atoms with van der Waals surface area (Å²) in [5, 5.41) is 0. The first-order valence-electron chi connectivity index (χ1n) is 6.90. The van der Waals surface area contributed by atoms with Gasteiger partial charge in [0, 0.05) is 29.8 Å². The largest absolute Gasteiger partial charge is 0.330 e. The Kier molecular flexibility index (Phi) is 4.52. The number of imidazole rings is 1. The topological polar surface area (TPSA) is 17.8 Å². The molecule has 0 saturated carbocycles. The van der Waals surface area contributed by atoms with Crippen molar-refractivity contribution in [1.29, 1.82) is 0 Å². The first-order chi connectivity index (χ1) is 11.0. The van der Waals surface area contributed by atoms with Crippen LogP contribution < -0.4 is 0 Å². The highest BCUT2D eigenvalue weighted by molar-refractivity contribution is 9.10. The summed E-state index contributed by atoms with van der Waals surface area (Å²) in [6.45, 7) is 0.440. The fraction of sp³-hybridized carbons (Fsp3) is 0.118. The van der Waals surface area contributed by atoms with Crippen LogP contribution in [0, 0.1) is 17.5 Å². The summed E-state index contributed by atoms with van der Waals surface area (Å²) in [5.74, 6) is -1.38. The maximum atomic E-state index is 13.5. The molecule has 0 saturated heterocycles. The Morgan fingerprint density at radius 2 is 1.78 bits per heavy atom. The Hall–Kier alpha value is -2.08. The van der Waals surface area contributed by atoms with E-state index in [4.69, 9.17) is 0 Å². The van der Waals surface area contributed by atoms with Gasteiger partial charge in [-0.1, -0.05) is 22.0 Å². The van der Waals surface area contributed by atoms with Gasteiger partial charge in [0.2, 0.25) is 0 Å². The fourth-order valence-corrected chi connectivity index (χ4v) is 2.90. The van der Waals surface area contributed by atoms with Gasteiger partial charge in [-0.15, -0.1) is 0 Å². The lowest BCUT2D eigenvalue weighted by Gasteiger charge is -2.09. The van der Waals surface area contributed by atoms with Crippen LogP contribution in [-0.2, 0) is 13.0 Å². The molecule has 0 radical (unpaired) electrons. The molecular weight excluding hydrogens is 369 g/mol. The van der Waals surface area contributed by atoms with Gasteiger partial charge in [-0.3, -0.25) is 0 Å². The van der Waals surface area contributed by atoms with Crippen LogP contribution in [-0.4, -0.2) is 9.55 Å². The number of hydrogen-bond acceptors (Lipinski definition) is 1. The van der Waals surface area contributed by atoms with Gasteiger partial charge in [-0.25, -0.2) is 18.2 Å². The number of nitrogens with zero attached hydrogens (tertiary/aromatic N) is 2. The number of aromatic nitrogens is 2.